The van der Waals surface area contributed by atoms with Crippen LogP contribution in [0.3, 0.4) is 0 Å². The van der Waals surface area contributed by atoms with Crippen LogP contribution < -0.4 is 34.5 Å². The lowest BCUT2D eigenvalue weighted by atomic mass is 10.1. The average Bonchev–Trinajstić information content (AvgIpc) is 3.30. The first-order valence-electron chi connectivity index (χ1n) is 10.9. The molecule has 0 spiro atoms. The molecule has 0 bridgehead atoms. The van der Waals surface area contributed by atoms with E-state index in [2.05, 4.69) is 28.5 Å². The first-order chi connectivity index (χ1) is 15.6. The predicted octanol–water partition coefficient (Wildman–Crippen LogP) is 3.67. The van der Waals surface area contributed by atoms with Crippen molar-refractivity contribution < 1.29 is 18.9 Å². The molecule has 33 heavy (non-hydrogen) atoms. The Bertz CT molecular complexity index is 925. The number of anilines is 1. The summed E-state index contributed by atoms with van der Waals surface area (Å²) in [6.07, 6.45) is 1.02. The molecule has 0 aliphatic carbocycles. The summed E-state index contributed by atoms with van der Waals surface area (Å²) in [5, 5.41) is 6.92. The second-order valence-corrected chi connectivity index (χ2v) is 7.44. The van der Waals surface area contributed by atoms with Gasteiger partial charge in [0, 0.05) is 31.2 Å². The SMILES string of the molecule is CCNC(=NCc1ccc(OC)c(OC)c1OC)NC1CCN(c2ccccc2OC)C1.I. The van der Waals surface area contributed by atoms with E-state index in [0.29, 0.717) is 23.8 Å². The van der Waals surface area contributed by atoms with Crippen LogP contribution >= 0.6 is 24.0 Å². The van der Waals surface area contributed by atoms with E-state index in [0.717, 1.165) is 49.0 Å². The van der Waals surface area contributed by atoms with Crippen LogP contribution in [0.2, 0.25) is 0 Å². The zero-order chi connectivity index (χ0) is 22.9. The molecule has 1 unspecified atom stereocenters. The molecule has 3 rings (SSSR count). The Hall–Kier alpha value is -2.56. The molecular weight excluding hydrogens is 535 g/mol. The monoisotopic (exact) mass is 570 g/mol. The van der Waals surface area contributed by atoms with Crippen molar-refractivity contribution in [3.8, 4) is 23.0 Å². The maximum absolute atomic E-state index is 5.59. The number of halogens is 1. The lowest BCUT2D eigenvalue weighted by molar-refractivity contribution is 0.322. The highest BCUT2D eigenvalue weighted by Gasteiger charge is 2.25. The van der Waals surface area contributed by atoms with Gasteiger partial charge in [0.15, 0.2) is 17.5 Å². The summed E-state index contributed by atoms with van der Waals surface area (Å²) >= 11 is 0. The van der Waals surface area contributed by atoms with Gasteiger partial charge in [0.1, 0.15) is 5.75 Å². The van der Waals surface area contributed by atoms with Crippen molar-refractivity contribution in [1.82, 2.24) is 10.6 Å². The van der Waals surface area contributed by atoms with Crippen LogP contribution in [0.1, 0.15) is 18.9 Å². The first-order valence-corrected chi connectivity index (χ1v) is 10.9. The van der Waals surface area contributed by atoms with Gasteiger partial charge in [0.05, 0.1) is 40.7 Å². The molecule has 0 saturated carbocycles. The van der Waals surface area contributed by atoms with Crippen molar-refractivity contribution in [2.45, 2.75) is 25.9 Å². The van der Waals surface area contributed by atoms with Gasteiger partial charge in [-0.3, -0.25) is 0 Å². The first kappa shape index (κ1) is 26.7. The Morgan fingerprint density at radius 2 is 1.70 bits per heavy atom. The van der Waals surface area contributed by atoms with Gasteiger partial charge in [0.2, 0.25) is 5.75 Å². The van der Waals surface area contributed by atoms with Gasteiger partial charge in [-0.1, -0.05) is 12.1 Å². The van der Waals surface area contributed by atoms with Crippen LogP contribution in [0.5, 0.6) is 23.0 Å². The summed E-state index contributed by atoms with van der Waals surface area (Å²) < 4.78 is 22.0. The van der Waals surface area contributed by atoms with Crippen molar-refractivity contribution in [2.75, 3.05) is 53.0 Å². The van der Waals surface area contributed by atoms with Crippen molar-refractivity contribution in [2.24, 2.45) is 4.99 Å². The Morgan fingerprint density at radius 1 is 0.970 bits per heavy atom. The molecule has 1 fully saturated rings. The molecule has 1 atom stereocenters. The van der Waals surface area contributed by atoms with Crippen LogP contribution in [0.15, 0.2) is 41.4 Å². The third-order valence-electron chi connectivity index (χ3n) is 5.49. The molecule has 9 heteroatoms. The van der Waals surface area contributed by atoms with Gasteiger partial charge in [-0.15, -0.1) is 24.0 Å². The highest BCUT2D eigenvalue weighted by Crippen LogP contribution is 2.40. The minimum absolute atomic E-state index is 0. The van der Waals surface area contributed by atoms with Gasteiger partial charge >= 0.3 is 0 Å². The summed E-state index contributed by atoms with van der Waals surface area (Å²) in [4.78, 5) is 7.14. The summed E-state index contributed by atoms with van der Waals surface area (Å²) in [5.41, 5.74) is 2.04. The number of nitrogens with one attached hydrogen (secondary N) is 2. The zero-order valence-corrected chi connectivity index (χ0v) is 22.3. The lowest BCUT2D eigenvalue weighted by Crippen LogP contribution is -2.44. The molecule has 2 N–H and O–H groups in total. The van der Waals surface area contributed by atoms with Crippen LogP contribution in [0.4, 0.5) is 5.69 Å². The lowest BCUT2D eigenvalue weighted by Gasteiger charge is -2.22. The van der Waals surface area contributed by atoms with E-state index in [4.69, 9.17) is 23.9 Å². The highest BCUT2D eigenvalue weighted by atomic mass is 127. The van der Waals surface area contributed by atoms with E-state index in [-0.39, 0.29) is 30.0 Å². The molecular formula is C24H35IN4O4. The Morgan fingerprint density at radius 3 is 2.36 bits per heavy atom. The quantitative estimate of drug-likeness (QED) is 0.271. The number of guanidine groups is 1. The number of hydrogen-bond donors (Lipinski definition) is 2. The van der Waals surface area contributed by atoms with E-state index in [1.54, 1.807) is 28.4 Å². The summed E-state index contributed by atoms with van der Waals surface area (Å²) in [5.74, 6) is 3.51. The summed E-state index contributed by atoms with van der Waals surface area (Å²) in [6, 6.07) is 12.2. The zero-order valence-electron chi connectivity index (χ0n) is 20.0. The Labute approximate surface area is 213 Å². The van der Waals surface area contributed by atoms with Crippen LogP contribution in [-0.2, 0) is 6.54 Å². The third kappa shape index (κ3) is 6.49. The number of nitrogens with zero attached hydrogens (tertiary/aromatic N) is 2. The van der Waals surface area contributed by atoms with Crippen molar-refractivity contribution >= 4 is 35.6 Å². The van der Waals surface area contributed by atoms with E-state index >= 15 is 0 Å². The van der Waals surface area contributed by atoms with Gasteiger partial charge < -0.3 is 34.5 Å². The topological polar surface area (TPSA) is 76.6 Å². The number of para-hydroxylation sites is 2. The van der Waals surface area contributed by atoms with Crippen LogP contribution in [0, 0.1) is 0 Å². The van der Waals surface area contributed by atoms with E-state index in [1.807, 2.05) is 30.3 Å². The number of methoxy groups -OCH3 is 4. The molecule has 1 heterocycles. The molecule has 182 valence electrons. The fraction of sp³-hybridized carbons (Fsp3) is 0.458. The molecule has 0 amide bonds. The molecule has 8 nitrogen and oxygen atoms in total. The van der Waals surface area contributed by atoms with E-state index in [9.17, 15) is 0 Å². The maximum Gasteiger partial charge on any atom is 0.203 e. The number of ether oxygens (including phenoxy) is 4. The fourth-order valence-electron chi connectivity index (χ4n) is 3.95. The van der Waals surface area contributed by atoms with Crippen LogP contribution in [-0.4, -0.2) is 60.1 Å². The van der Waals surface area contributed by atoms with Crippen molar-refractivity contribution in [3.63, 3.8) is 0 Å². The summed E-state index contributed by atoms with van der Waals surface area (Å²) in [6.45, 7) is 5.12. The second kappa shape index (κ2) is 13.2. The minimum Gasteiger partial charge on any atom is -0.495 e. The maximum atomic E-state index is 5.59. The standard InChI is InChI=1S/C24H34N4O4.HI/c1-6-25-24(26-15-17-11-12-21(30-3)23(32-5)22(17)31-4)27-18-13-14-28(16-18)19-9-7-8-10-20(19)29-2;/h7-12,18H,6,13-16H2,1-5H3,(H2,25,26,27);1H. The van der Waals surface area contributed by atoms with E-state index < -0.39 is 0 Å². The largest absolute Gasteiger partial charge is 0.495 e. The van der Waals surface area contributed by atoms with Gasteiger partial charge in [-0.2, -0.15) is 0 Å². The van der Waals surface area contributed by atoms with Gasteiger partial charge in [-0.05, 0) is 37.6 Å². The number of benzene rings is 2. The molecule has 2 aromatic rings. The van der Waals surface area contributed by atoms with Crippen LogP contribution in [0.25, 0.3) is 0 Å². The molecule has 1 aliphatic rings. The molecule has 1 aliphatic heterocycles. The molecule has 0 aromatic heterocycles. The Balaban J connectivity index is 0.00000385. The highest BCUT2D eigenvalue weighted by molar-refractivity contribution is 14.0. The van der Waals surface area contributed by atoms with E-state index in [1.165, 1.54) is 0 Å². The molecule has 1 saturated heterocycles. The molecule has 0 radical (unpaired) electrons. The van der Waals surface area contributed by atoms with Gasteiger partial charge in [0.25, 0.3) is 0 Å². The van der Waals surface area contributed by atoms with Gasteiger partial charge in [-0.25, -0.2) is 4.99 Å². The number of aliphatic imine (C=N–C) groups is 1. The fourth-order valence-corrected chi connectivity index (χ4v) is 3.95. The average molecular weight is 570 g/mol. The normalized spacial score (nSPS) is 15.5. The number of hydrogen-bond acceptors (Lipinski definition) is 6. The second-order valence-electron chi connectivity index (χ2n) is 7.44. The van der Waals surface area contributed by atoms with Crippen molar-refractivity contribution in [3.05, 3.63) is 42.0 Å². The van der Waals surface area contributed by atoms with Crippen molar-refractivity contribution in [1.29, 1.82) is 0 Å². The third-order valence-corrected chi connectivity index (χ3v) is 5.49. The predicted molar refractivity (Wildman–Crippen MR) is 143 cm³/mol. The molecule has 2 aromatic carbocycles. The summed E-state index contributed by atoms with van der Waals surface area (Å²) in [7, 11) is 6.55. The minimum atomic E-state index is 0. The Kier molecular flexibility index (Phi) is 10.7. The smallest absolute Gasteiger partial charge is 0.203 e. The number of rotatable bonds is 9.